The van der Waals surface area contributed by atoms with E-state index in [1.54, 1.807) is 6.92 Å². The molecule has 0 aliphatic rings. The second-order valence-corrected chi connectivity index (χ2v) is 5.26. The molecule has 0 N–H and O–H groups in total. The molecule has 7 heteroatoms. The third-order valence-corrected chi connectivity index (χ3v) is 3.79. The Kier molecular flexibility index (Phi) is 4.75. The van der Waals surface area contributed by atoms with Crippen molar-refractivity contribution in [1.82, 2.24) is 0 Å². The molecular weight excluding hydrogens is 267 g/mol. The lowest BCUT2D eigenvalue weighted by Crippen LogP contribution is -2.16. The summed E-state index contributed by atoms with van der Waals surface area (Å²) in [4.78, 5) is 20.6. The van der Waals surface area contributed by atoms with Gasteiger partial charge < -0.3 is 0 Å². The van der Waals surface area contributed by atoms with Gasteiger partial charge in [-0.15, -0.1) is 0 Å². The molecule has 2 atom stereocenters. The average molecular weight is 284 g/mol. The van der Waals surface area contributed by atoms with Gasteiger partial charge in [-0.2, -0.15) is 0 Å². The van der Waals surface area contributed by atoms with Crippen LogP contribution in [-0.4, -0.2) is 9.85 Å². The Morgan fingerprint density at radius 2 is 1.40 bits per heavy atom. The van der Waals surface area contributed by atoms with Gasteiger partial charge in [-0.1, -0.05) is 27.7 Å². The highest BCUT2D eigenvalue weighted by Gasteiger charge is 2.33. The first-order chi connectivity index (χ1) is 9.16. The van der Waals surface area contributed by atoms with Crippen molar-refractivity contribution in [2.75, 3.05) is 0 Å². The first kappa shape index (κ1) is 16.0. The zero-order chi connectivity index (χ0) is 15.6. The summed E-state index contributed by atoms with van der Waals surface area (Å²) in [6, 6.07) is 1.48. The number of benzene rings is 1. The van der Waals surface area contributed by atoms with E-state index in [-0.39, 0.29) is 17.4 Å². The van der Waals surface area contributed by atoms with Gasteiger partial charge in [0.2, 0.25) is 0 Å². The molecule has 0 radical (unpaired) electrons. The van der Waals surface area contributed by atoms with Gasteiger partial charge in [-0.05, 0) is 17.8 Å². The molecule has 0 amide bonds. The Bertz CT molecular complexity index is 510. The minimum absolute atomic E-state index is 0.0115. The maximum absolute atomic E-state index is 13.3. The Morgan fingerprint density at radius 1 is 1.00 bits per heavy atom. The lowest BCUT2D eigenvalue weighted by atomic mass is 9.80. The molecule has 0 aliphatic heterocycles. The van der Waals surface area contributed by atoms with Gasteiger partial charge in [0.15, 0.2) is 0 Å². The van der Waals surface area contributed by atoms with Crippen LogP contribution in [-0.2, 0) is 0 Å². The largest absolute Gasteiger partial charge is 0.282 e. The summed E-state index contributed by atoms with van der Waals surface area (Å²) < 4.78 is 13.3. The highest BCUT2D eigenvalue weighted by atomic mass is 19.1. The number of nitro groups is 2. The van der Waals surface area contributed by atoms with Crippen LogP contribution in [0.5, 0.6) is 0 Å². The van der Waals surface area contributed by atoms with Crippen LogP contribution in [0.15, 0.2) is 12.1 Å². The molecular formula is C13H17FN2O4. The average Bonchev–Trinajstić information content (AvgIpc) is 2.35. The highest BCUT2D eigenvalue weighted by Crippen LogP contribution is 2.41. The maximum atomic E-state index is 13.3. The lowest BCUT2D eigenvalue weighted by molar-refractivity contribution is -0.396. The summed E-state index contributed by atoms with van der Waals surface area (Å²) in [6.45, 7) is 7.43. The van der Waals surface area contributed by atoms with Crippen LogP contribution in [0.3, 0.4) is 0 Å². The van der Waals surface area contributed by atoms with Gasteiger partial charge in [0.25, 0.3) is 11.4 Å². The third-order valence-electron chi connectivity index (χ3n) is 3.79. The standard InChI is InChI=1S/C13H17FN2O4/c1-7(2)8(3)9(4)13-11(15(17)18)5-10(14)6-12(13)16(19)20/h5-9H,1-4H3. The molecule has 0 heterocycles. The number of rotatable bonds is 5. The SMILES string of the molecule is CC(C)C(C)C(C)c1c([N+](=O)[O-])cc(F)cc1[N+](=O)[O-]. The van der Waals surface area contributed by atoms with Gasteiger partial charge in [0.1, 0.15) is 11.4 Å². The highest BCUT2D eigenvalue weighted by molar-refractivity contribution is 5.56. The van der Waals surface area contributed by atoms with Crippen molar-refractivity contribution in [3.63, 3.8) is 0 Å². The first-order valence-electron chi connectivity index (χ1n) is 6.29. The van der Waals surface area contributed by atoms with Gasteiger partial charge in [-0.3, -0.25) is 20.2 Å². The van der Waals surface area contributed by atoms with Crippen LogP contribution in [0, 0.1) is 37.9 Å². The number of halogens is 1. The summed E-state index contributed by atoms with van der Waals surface area (Å²) in [5.41, 5.74) is -1.07. The van der Waals surface area contributed by atoms with E-state index in [1.165, 1.54) is 0 Å². The van der Waals surface area contributed by atoms with E-state index in [9.17, 15) is 24.6 Å². The third kappa shape index (κ3) is 3.09. The van der Waals surface area contributed by atoms with Crippen molar-refractivity contribution >= 4 is 11.4 Å². The van der Waals surface area contributed by atoms with E-state index >= 15 is 0 Å². The Balaban J connectivity index is 3.56. The second-order valence-electron chi connectivity index (χ2n) is 5.26. The fraction of sp³-hybridized carbons (Fsp3) is 0.538. The van der Waals surface area contributed by atoms with Crippen molar-refractivity contribution < 1.29 is 14.2 Å². The predicted octanol–water partition coefficient (Wildman–Crippen LogP) is 4.04. The van der Waals surface area contributed by atoms with Gasteiger partial charge >= 0.3 is 0 Å². The fourth-order valence-corrected chi connectivity index (χ4v) is 2.20. The van der Waals surface area contributed by atoms with Crippen LogP contribution < -0.4 is 0 Å². The molecule has 0 bridgehead atoms. The van der Waals surface area contributed by atoms with Crippen LogP contribution in [0.1, 0.15) is 39.2 Å². The molecule has 0 saturated carbocycles. The molecule has 2 unspecified atom stereocenters. The van der Waals surface area contributed by atoms with E-state index in [2.05, 4.69) is 0 Å². The maximum Gasteiger partial charge on any atom is 0.282 e. The number of hydrogen-bond acceptors (Lipinski definition) is 4. The molecule has 0 aromatic heterocycles. The number of nitrogens with zero attached hydrogens (tertiary/aromatic N) is 2. The van der Waals surface area contributed by atoms with Gasteiger partial charge in [0, 0.05) is 0 Å². The second kappa shape index (κ2) is 5.94. The molecule has 20 heavy (non-hydrogen) atoms. The van der Waals surface area contributed by atoms with E-state index < -0.39 is 33.0 Å². The molecule has 1 rings (SSSR count). The van der Waals surface area contributed by atoms with E-state index in [1.807, 2.05) is 20.8 Å². The summed E-state index contributed by atoms with van der Waals surface area (Å²) in [5, 5.41) is 22.1. The van der Waals surface area contributed by atoms with Crippen LogP contribution in [0.2, 0.25) is 0 Å². The topological polar surface area (TPSA) is 86.3 Å². The molecule has 0 fully saturated rings. The Morgan fingerprint density at radius 3 is 1.70 bits per heavy atom. The van der Waals surface area contributed by atoms with Crippen LogP contribution in [0.25, 0.3) is 0 Å². The van der Waals surface area contributed by atoms with Crippen LogP contribution >= 0.6 is 0 Å². The van der Waals surface area contributed by atoms with Gasteiger partial charge in [0.05, 0.1) is 22.0 Å². The van der Waals surface area contributed by atoms with Crippen molar-refractivity contribution in [2.24, 2.45) is 11.8 Å². The number of hydrogen-bond donors (Lipinski definition) is 0. The normalized spacial score (nSPS) is 14.1. The molecule has 0 saturated heterocycles. The molecule has 1 aromatic carbocycles. The van der Waals surface area contributed by atoms with Crippen molar-refractivity contribution in [3.8, 4) is 0 Å². The zero-order valence-electron chi connectivity index (χ0n) is 11.8. The predicted molar refractivity (Wildman–Crippen MR) is 72.1 cm³/mol. The quantitative estimate of drug-likeness (QED) is 0.603. The van der Waals surface area contributed by atoms with E-state index in [4.69, 9.17) is 0 Å². The minimum Gasteiger partial charge on any atom is -0.258 e. The van der Waals surface area contributed by atoms with Crippen molar-refractivity contribution in [2.45, 2.75) is 33.6 Å². The summed E-state index contributed by atoms with van der Waals surface area (Å²) >= 11 is 0. The Labute approximate surface area is 115 Å². The molecule has 110 valence electrons. The number of nitro benzene ring substituents is 2. The first-order valence-corrected chi connectivity index (χ1v) is 6.29. The Hall–Kier alpha value is -2.05. The molecule has 0 aliphatic carbocycles. The van der Waals surface area contributed by atoms with E-state index in [0.717, 1.165) is 12.1 Å². The minimum atomic E-state index is -0.975. The monoisotopic (exact) mass is 284 g/mol. The van der Waals surface area contributed by atoms with Crippen LogP contribution in [0.4, 0.5) is 15.8 Å². The van der Waals surface area contributed by atoms with E-state index in [0.29, 0.717) is 0 Å². The molecule has 1 aromatic rings. The van der Waals surface area contributed by atoms with Crippen molar-refractivity contribution in [1.29, 1.82) is 0 Å². The van der Waals surface area contributed by atoms with Crippen molar-refractivity contribution in [3.05, 3.63) is 43.7 Å². The molecule has 0 spiro atoms. The summed E-state index contributed by atoms with van der Waals surface area (Å²) in [7, 11) is 0. The smallest absolute Gasteiger partial charge is 0.258 e. The zero-order valence-corrected chi connectivity index (χ0v) is 11.8. The fourth-order valence-electron chi connectivity index (χ4n) is 2.20. The summed E-state index contributed by atoms with van der Waals surface area (Å²) in [5.74, 6) is -1.22. The summed E-state index contributed by atoms with van der Waals surface area (Å²) in [6.07, 6.45) is 0. The molecule has 6 nitrogen and oxygen atoms in total. The lowest BCUT2D eigenvalue weighted by Gasteiger charge is -2.23. The van der Waals surface area contributed by atoms with Gasteiger partial charge in [-0.25, -0.2) is 4.39 Å².